The highest BCUT2D eigenvalue weighted by molar-refractivity contribution is 9.10. The molecule has 0 fully saturated rings. The summed E-state index contributed by atoms with van der Waals surface area (Å²) in [5.41, 5.74) is 0. The summed E-state index contributed by atoms with van der Waals surface area (Å²) in [7, 11) is 0. The average molecular weight is 288 g/mol. The van der Waals surface area contributed by atoms with Gasteiger partial charge in [0.15, 0.2) is 0 Å². The molecule has 0 saturated carbocycles. The minimum Gasteiger partial charge on any atom is -0.465 e. The topological polar surface area (TPSA) is 26.3 Å². The van der Waals surface area contributed by atoms with E-state index in [9.17, 15) is 4.79 Å². The van der Waals surface area contributed by atoms with Crippen LogP contribution in [-0.2, 0) is 9.53 Å². The Morgan fingerprint density at radius 2 is 2.09 bits per heavy atom. The van der Waals surface area contributed by atoms with E-state index in [2.05, 4.69) is 31.9 Å². The number of hydrogen-bond donors (Lipinski definition) is 0. The maximum atomic E-state index is 11.0. The largest absolute Gasteiger partial charge is 0.465 e. The van der Waals surface area contributed by atoms with E-state index in [-0.39, 0.29) is 10.8 Å². The molecule has 0 saturated heterocycles. The molecule has 0 aliphatic heterocycles. The molecule has 0 aliphatic carbocycles. The zero-order chi connectivity index (χ0) is 8.85. The van der Waals surface area contributed by atoms with Crippen molar-refractivity contribution in [3.8, 4) is 0 Å². The number of ether oxygens (including phenoxy) is 1. The summed E-state index contributed by atoms with van der Waals surface area (Å²) in [5.74, 6) is -0.182. The predicted molar refractivity (Wildman–Crippen MR) is 52.4 cm³/mol. The summed E-state index contributed by atoms with van der Waals surface area (Å²) in [5, 5.41) is 0. The average Bonchev–Trinajstić information content (AvgIpc) is 1.86. The van der Waals surface area contributed by atoms with Gasteiger partial charge in [0, 0.05) is 4.83 Å². The highest BCUT2D eigenvalue weighted by Gasteiger charge is 2.17. The van der Waals surface area contributed by atoms with E-state index < -0.39 is 0 Å². The van der Waals surface area contributed by atoms with Crippen LogP contribution in [0, 0.1) is 0 Å². The first-order valence-electron chi connectivity index (χ1n) is 3.52. The first kappa shape index (κ1) is 11.4. The van der Waals surface area contributed by atoms with Crippen LogP contribution in [0.3, 0.4) is 0 Å². The highest BCUT2D eigenvalue weighted by atomic mass is 79.9. The lowest BCUT2D eigenvalue weighted by molar-refractivity contribution is -0.142. The van der Waals surface area contributed by atoms with E-state index in [0.717, 1.165) is 6.42 Å². The van der Waals surface area contributed by atoms with Crippen molar-refractivity contribution in [2.75, 3.05) is 6.61 Å². The number of halogens is 2. The molecule has 4 heteroatoms. The van der Waals surface area contributed by atoms with Gasteiger partial charge in [-0.2, -0.15) is 0 Å². The number of alkyl halides is 2. The van der Waals surface area contributed by atoms with Gasteiger partial charge in [0.2, 0.25) is 0 Å². The number of hydrogen-bond acceptors (Lipinski definition) is 2. The van der Waals surface area contributed by atoms with Gasteiger partial charge in [-0.15, -0.1) is 0 Å². The van der Waals surface area contributed by atoms with Crippen LogP contribution in [-0.4, -0.2) is 22.2 Å². The molecule has 2 atom stereocenters. The molecule has 0 aromatic carbocycles. The summed E-state index contributed by atoms with van der Waals surface area (Å²) >= 11 is 6.60. The summed E-state index contributed by atoms with van der Waals surface area (Å²) in [4.78, 5) is 11.1. The fraction of sp³-hybridized carbons (Fsp3) is 0.857. The number of esters is 1. The fourth-order valence-corrected chi connectivity index (χ4v) is 2.18. The third-order valence-electron chi connectivity index (χ3n) is 1.07. The van der Waals surface area contributed by atoms with Gasteiger partial charge in [0.1, 0.15) is 4.83 Å². The molecule has 0 amide bonds. The Balaban J connectivity index is 3.64. The van der Waals surface area contributed by atoms with Gasteiger partial charge in [0.25, 0.3) is 0 Å². The lowest BCUT2D eigenvalue weighted by Crippen LogP contribution is -2.19. The van der Waals surface area contributed by atoms with Crippen molar-refractivity contribution in [2.45, 2.75) is 29.9 Å². The Hall–Kier alpha value is 0.430. The molecule has 2 unspecified atom stereocenters. The van der Waals surface area contributed by atoms with E-state index in [1.165, 1.54) is 0 Å². The molecule has 66 valence electrons. The third kappa shape index (κ3) is 5.67. The normalized spacial score (nSPS) is 15.6. The zero-order valence-electron chi connectivity index (χ0n) is 6.64. The van der Waals surface area contributed by atoms with Crippen molar-refractivity contribution in [1.82, 2.24) is 0 Å². The van der Waals surface area contributed by atoms with Crippen LogP contribution >= 0.6 is 31.9 Å². The van der Waals surface area contributed by atoms with Gasteiger partial charge in [-0.3, -0.25) is 4.79 Å². The van der Waals surface area contributed by atoms with Crippen molar-refractivity contribution in [1.29, 1.82) is 0 Å². The molecular weight excluding hydrogens is 276 g/mol. The predicted octanol–water partition coefficient (Wildman–Crippen LogP) is 2.49. The first-order chi connectivity index (χ1) is 5.07. The van der Waals surface area contributed by atoms with E-state index in [4.69, 9.17) is 4.74 Å². The monoisotopic (exact) mass is 286 g/mol. The quantitative estimate of drug-likeness (QED) is 0.587. The van der Waals surface area contributed by atoms with Crippen LogP contribution in [0.15, 0.2) is 0 Å². The second-order valence-electron chi connectivity index (χ2n) is 2.24. The molecule has 0 rings (SSSR count). The van der Waals surface area contributed by atoms with Crippen molar-refractivity contribution >= 4 is 37.8 Å². The summed E-state index contributed by atoms with van der Waals surface area (Å²) < 4.78 is 4.80. The smallest absolute Gasteiger partial charge is 0.319 e. The standard InChI is InChI=1S/C7H12Br2O2/c1-3-11-7(10)6(9)4-5(2)8/h5-6H,3-4H2,1-2H3. The molecule has 0 spiro atoms. The molecule has 0 aliphatic rings. The van der Waals surface area contributed by atoms with Crippen LogP contribution in [0.2, 0.25) is 0 Å². The maximum absolute atomic E-state index is 11.0. The minimum absolute atomic E-state index is 0.182. The number of carbonyl (C=O) groups excluding carboxylic acids is 1. The summed E-state index contributed by atoms with van der Waals surface area (Å²) in [6.45, 7) is 4.24. The fourth-order valence-electron chi connectivity index (χ4n) is 0.614. The lowest BCUT2D eigenvalue weighted by Gasteiger charge is -2.09. The summed E-state index contributed by atoms with van der Waals surface area (Å²) in [6.07, 6.45) is 0.749. The molecule has 0 bridgehead atoms. The van der Waals surface area contributed by atoms with E-state index >= 15 is 0 Å². The van der Waals surface area contributed by atoms with Gasteiger partial charge in [0.05, 0.1) is 6.61 Å². The molecule has 0 aromatic rings. The minimum atomic E-state index is -0.183. The van der Waals surface area contributed by atoms with Gasteiger partial charge in [-0.1, -0.05) is 38.8 Å². The first-order valence-corrected chi connectivity index (χ1v) is 5.35. The molecule has 0 N–H and O–H groups in total. The molecule has 0 aromatic heterocycles. The van der Waals surface area contributed by atoms with Crippen molar-refractivity contribution in [2.24, 2.45) is 0 Å². The molecule has 0 radical (unpaired) electrons. The highest BCUT2D eigenvalue weighted by Crippen LogP contribution is 2.14. The summed E-state index contributed by atoms with van der Waals surface area (Å²) in [6, 6.07) is 0. The van der Waals surface area contributed by atoms with Gasteiger partial charge < -0.3 is 4.74 Å². The van der Waals surface area contributed by atoms with Crippen LogP contribution in [0.4, 0.5) is 0 Å². The van der Waals surface area contributed by atoms with Gasteiger partial charge >= 0.3 is 5.97 Å². The van der Waals surface area contributed by atoms with Gasteiger partial charge in [-0.25, -0.2) is 0 Å². The molecule has 11 heavy (non-hydrogen) atoms. The Morgan fingerprint density at radius 3 is 2.45 bits per heavy atom. The van der Waals surface area contributed by atoms with E-state index in [1.54, 1.807) is 6.92 Å². The third-order valence-corrected chi connectivity index (χ3v) is 2.20. The zero-order valence-corrected chi connectivity index (χ0v) is 9.81. The van der Waals surface area contributed by atoms with Crippen molar-refractivity contribution in [3.05, 3.63) is 0 Å². The lowest BCUT2D eigenvalue weighted by atomic mass is 10.2. The second-order valence-corrected chi connectivity index (χ2v) is 4.90. The van der Waals surface area contributed by atoms with Crippen LogP contribution in [0.1, 0.15) is 20.3 Å². The van der Waals surface area contributed by atoms with Crippen molar-refractivity contribution in [3.63, 3.8) is 0 Å². The number of carbonyl (C=O) groups is 1. The Kier molecular flexibility index (Phi) is 6.24. The Bertz CT molecular complexity index is 126. The molecular formula is C7H12Br2O2. The van der Waals surface area contributed by atoms with Crippen molar-refractivity contribution < 1.29 is 9.53 Å². The second kappa shape index (κ2) is 6.00. The van der Waals surface area contributed by atoms with Crippen LogP contribution in [0.25, 0.3) is 0 Å². The number of rotatable bonds is 4. The van der Waals surface area contributed by atoms with Crippen LogP contribution in [0.5, 0.6) is 0 Å². The Morgan fingerprint density at radius 1 is 1.55 bits per heavy atom. The van der Waals surface area contributed by atoms with Crippen LogP contribution < -0.4 is 0 Å². The SMILES string of the molecule is CCOC(=O)C(Br)CC(C)Br. The van der Waals surface area contributed by atoms with E-state index in [0.29, 0.717) is 11.4 Å². The Labute approximate surface area is 83.9 Å². The van der Waals surface area contributed by atoms with E-state index in [1.807, 2.05) is 6.92 Å². The maximum Gasteiger partial charge on any atom is 0.319 e. The van der Waals surface area contributed by atoms with Gasteiger partial charge in [-0.05, 0) is 13.3 Å². The molecule has 0 heterocycles. The molecule has 2 nitrogen and oxygen atoms in total.